The van der Waals surface area contributed by atoms with E-state index in [9.17, 15) is 9.59 Å². The average Bonchev–Trinajstić information content (AvgIpc) is 3.09. The zero-order valence-corrected chi connectivity index (χ0v) is 21.7. The van der Waals surface area contributed by atoms with E-state index in [0.29, 0.717) is 12.4 Å². The van der Waals surface area contributed by atoms with Gasteiger partial charge in [-0.2, -0.15) is 0 Å². The molecule has 8 nitrogen and oxygen atoms in total. The highest BCUT2D eigenvalue weighted by atomic mass is 16.2. The van der Waals surface area contributed by atoms with E-state index in [1.54, 1.807) is 17.2 Å². The van der Waals surface area contributed by atoms with Crippen molar-refractivity contribution in [3.05, 3.63) is 54.5 Å². The van der Waals surface area contributed by atoms with Gasteiger partial charge in [0.15, 0.2) is 0 Å². The number of hydrogen-bond acceptors (Lipinski definition) is 5. The quantitative estimate of drug-likeness (QED) is 0.632. The van der Waals surface area contributed by atoms with E-state index >= 15 is 0 Å². The van der Waals surface area contributed by atoms with Gasteiger partial charge in [0.05, 0.1) is 5.54 Å². The van der Waals surface area contributed by atoms with Crippen LogP contribution >= 0.6 is 0 Å². The molecule has 1 spiro atoms. The third-order valence-corrected chi connectivity index (χ3v) is 9.02. The van der Waals surface area contributed by atoms with Gasteiger partial charge in [0, 0.05) is 24.8 Å². The van der Waals surface area contributed by atoms with Gasteiger partial charge in [-0.05, 0) is 69.7 Å². The van der Waals surface area contributed by atoms with Crippen molar-refractivity contribution in [2.75, 3.05) is 39.0 Å². The Morgan fingerprint density at radius 3 is 2.36 bits per heavy atom. The summed E-state index contributed by atoms with van der Waals surface area (Å²) in [6, 6.07) is 12.4. The molecule has 2 aromatic rings. The summed E-state index contributed by atoms with van der Waals surface area (Å²) in [5.74, 6) is 0.225. The Balaban J connectivity index is 1.37. The van der Waals surface area contributed by atoms with Crippen molar-refractivity contribution in [1.82, 2.24) is 24.7 Å². The molecule has 1 N–H and O–H groups in total. The van der Waals surface area contributed by atoms with Crippen LogP contribution in [0.4, 0.5) is 10.6 Å². The van der Waals surface area contributed by atoms with Gasteiger partial charge in [-0.1, -0.05) is 43.7 Å². The molecule has 1 saturated heterocycles. The van der Waals surface area contributed by atoms with Crippen molar-refractivity contribution in [3.8, 4) is 0 Å². The second kappa shape index (κ2) is 9.47. The number of rotatable bonds is 7. The van der Waals surface area contributed by atoms with Gasteiger partial charge in [-0.3, -0.25) is 9.69 Å². The van der Waals surface area contributed by atoms with Crippen LogP contribution < -0.4 is 5.32 Å². The predicted molar refractivity (Wildman–Crippen MR) is 139 cm³/mol. The first kappa shape index (κ1) is 24.7. The number of anilines is 1. The molecule has 0 radical (unpaired) electrons. The topological polar surface area (TPSA) is 81.7 Å². The van der Waals surface area contributed by atoms with Gasteiger partial charge >= 0.3 is 6.03 Å². The van der Waals surface area contributed by atoms with Crippen LogP contribution in [0.2, 0.25) is 0 Å². The maximum absolute atomic E-state index is 13.8. The van der Waals surface area contributed by atoms with E-state index in [-0.39, 0.29) is 35.0 Å². The summed E-state index contributed by atoms with van der Waals surface area (Å²) in [5.41, 5.74) is 1.24. The first-order valence-corrected chi connectivity index (χ1v) is 13.1. The lowest BCUT2D eigenvalue weighted by atomic mass is 9.66. The number of nitrogens with one attached hydrogen (secondary N) is 1. The highest BCUT2D eigenvalue weighted by molar-refractivity contribution is 5.94. The Kier molecular flexibility index (Phi) is 6.49. The number of aromatic nitrogens is 2. The fourth-order valence-electron chi connectivity index (χ4n) is 6.58. The predicted octanol–water partition coefficient (Wildman–Crippen LogP) is 4.11. The average molecular weight is 491 g/mol. The van der Waals surface area contributed by atoms with E-state index in [0.717, 1.165) is 45.1 Å². The van der Waals surface area contributed by atoms with Crippen LogP contribution in [0.25, 0.3) is 0 Å². The summed E-state index contributed by atoms with van der Waals surface area (Å²) >= 11 is 0. The van der Waals surface area contributed by atoms with E-state index in [1.165, 1.54) is 18.3 Å². The fourth-order valence-corrected chi connectivity index (χ4v) is 6.58. The molecule has 1 aromatic carbocycles. The maximum Gasteiger partial charge on any atom is 0.321 e. The van der Waals surface area contributed by atoms with Crippen molar-refractivity contribution in [2.45, 2.75) is 62.9 Å². The van der Waals surface area contributed by atoms with Crippen LogP contribution in [0.1, 0.15) is 57.4 Å². The summed E-state index contributed by atoms with van der Waals surface area (Å²) in [4.78, 5) is 40.8. The van der Waals surface area contributed by atoms with Crippen LogP contribution in [0.5, 0.6) is 0 Å². The smallest absolute Gasteiger partial charge is 0.317 e. The van der Waals surface area contributed by atoms with Crippen molar-refractivity contribution in [2.24, 2.45) is 5.41 Å². The van der Waals surface area contributed by atoms with E-state index in [1.807, 2.05) is 0 Å². The molecular formula is C28H38N6O2. The van der Waals surface area contributed by atoms with Gasteiger partial charge in [0.25, 0.3) is 0 Å². The molecule has 3 aliphatic rings. The Labute approximate surface area is 214 Å². The Morgan fingerprint density at radius 1 is 1.06 bits per heavy atom. The minimum Gasteiger partial charge on any atom is -0.317 e. The molecule has 0 atom stereocenters. The van der Waals surface area contributed by atoms with Gasteiger partial charge in [0.2, 0.25) is 5.91 Å². The van der Waals surface area contributed by atoms with E-state index in [2.05, 4.69) is 76.4 Å². The molecule has 1 aliphatic heterocycles. The number of hydrogen-bond donors (Lipinski definition) is 1. The minimum atomic E-state index is -0.237. The van der Waals surface area contributed by atoms with Crippen LogP contribution in [-0.2, 0) is 10.3 Å². The van der Waals surface area contributed by atoms with E-state index < -0.39 is 0 Å². The first-order chi connectivity index (χ1) is 17.3. The summed E-state index contributed by atoms with van der Waals surface area (Å²) in [6.07, 6.45) is 10.3. The lowest BCUT2D eigenvalue weighted by molar-refractivity contribution is -0.116. The Hall–Kier alpha value is -3.00. The zero-order valence-electron chi connectivity index (χ0n) is 21.7. The fraction of sp³-hybridized carbons (Fsp3) is 0.571. The van der Waals surface area contributed by atoms with Crippen LogP contribution in [0, 0.1) is 5.41 Å². The summed E-state index contributed by atoms with van der Waals surface area (Å²) < 4.78 is 0. The lowest BCUT2D eigenvalue weighted by Gasteiger charge is -2.53. The molecule has 1 aromatic heterocycles. The van der Waals surface area contributed by atoms with Gasteiger partial charge in [0.1, 0.15) is 18.7 Å². The number of nitrogens with zero attached hydrogens (tertiary/aromatic N) is 5. The molecule has 2 aliphatic carbocycles. The molecule has 3 fully saturated rings. The van der Waals surface area contributed by atoms with Crippen molar-refractivity contribution in [3.63, 3.8) is 0 Å². The molecule has 36 heavy (non-hydrogen) atoms. The van der Waals surface area contributed by atoms with Crippen LogP contribution in [-0.4, -0.2) is 75.9 Å². The third kappa shape index (κ3) is 4.47. The van der Waals surface area contributed by atoms with Gasteiger partial charge in [-0.15, -0.1) is 0 Å². The Bertz CT molecular complexity index is 1080. The molecule has 5 rings (SSSR count). The van der Waals surface area contributed by atoms with Crippen molar-refractivity contribution in [1.29, 1.82) is 0 Å². The molecule has 3 amide bonds. The SMILES string of the molecule is CN(C)[C@]1(c2ccccc2)CC[C@]2(CC1)CN(CC(=O)Nc1ccncn1)C(=O)N2CC1(C)CCC1. The maximum atomic E-state index is 13.8. The number of amides is 3. The van der Waals surface area contributed by atoms with Crippen molar-refractivity contribution >= 4 is 17.8 Å². The normalized spacial score (nSPS) is 27.4. The van der Waals surface area contributed by atoms with Crippen LogP contribution in [0.15, 0.2) is 48.9 Å². The number of urea groups is 1. The molecule has 2 saturated carbocycles. The Morgan fingerprint density at radius 2 is 1.78 bits per heavy atom. The first-order valence-electron chi connectivity index (χ1n) is 13.1. The molecule has 0 bridgehead atoms. The molecule has 2 heterocycles. The number of benzene rings is 1. The summed E-state index contributed by atoms with van der Waals surface area (Å²) in [7, 11) is 4.34. The van der Waals surface area contributed by atoms with Crippen LogP contribution in [0.3, 0.4) is 0 Å². The zero-order chi connectivity index (χ0) is 25.4. The lowest BCUT2D eigenvalue weighted by Crippen LogP contribution is -2.57. The van der Waals surface area contributed by atoms with Gasteiger partial charge in [-0.25, -0.2) is 14.8 Å². The molecule has 0 unspecified atom stereocenters. The number of carbonyl (C=O) groups is 2. The second-order valence-corrected chi connectivity index (χ2v) is 11.5. The highest BCUT2D eigenvalue weighted by Crippen LogP contribution is 2.51. The van der Waals surface area contributed by atoms with E-state index in [4.69, 9.17) is 0 Å². The molecule has 8 heteroatoms. The second-order valence-electron chi connectivity index (χ2n) is 11.5. The largest absolute Gasteiger partial charge is 0.321 e. The number of carbonyl (C=O) groups excluding carboxylic acids is 2. The monoisotopic (exact) mass is 490 g/mol. The highest BCUT2D eigenvalue weighted by Gasteiger charge is 2.56. The van der Waals surface area contributed by atoms with Gasteiger partial charge < -0.3 is 15.1 Å². The summed E-state index contributed by atoms with van der Waals surface area (Å²) in [6.45, 7) is 3.71. The minimum absolute atomic E-state index is 0.00183. The van der Waals surface area contributed by atoms with Crippen molar-refractivity contribution < 1.29 is 9.59 Å². The molecule has 192 valence electrons. The molecular weight excluding hydrogens is 452 g/mol. The summed E-state index contributed by atoms with van der Waals surface area (Å²) in [5, 5.41) is 2.81. The standard InChI is InChI=1S/C28H38N6O2/c1-26(11-7-12-26)19-34-25(36)33(18-24(35)31-23-10-17-29-21-30-23)20-27(34)13-15-28(16-14-27,32(2)3)22-8-5-4-6-9-22/h4-6,8-10,17,21H,7,11-16,18-20H2,1-3H3,(H,29,30,31,35)/t27-,28+. The third-order valence-electron chi connectivity index (χ3n) is 9.02.